The topological polar surface area (TPSA) is 78.2 Å². The molecule has 14 heavy (non-hydrogen) atoms. The second-order valence-corrected chi connectivity index (χ2v) is 3.10. The van der Waals surface area contributed by atoms with Crippen molar-refractivity contribution in [2.45, 2.75) is 20.0 Å². The van der Waals surface area contributed by atoms with Crippen LogP contribution in [0, 0.1) is 10.1 Å². The van der Waals surface area contributed by atoms with Gasteiger partial charge in [0, 0.05) is 0 Å². The first-order valence-electron chi connectivity index (χ1n) is 3.84. The number of ether oxygens (including phenoxy) is 1. The Bertz CT molecular complexity index is 356. The second-order valence-electron chi connectivity index (χ2n) is 2.74. The van der Waals surface area contributed by atoms with E-state index in [2.05, 4.69) is 9.97 Å². The quantitative estimate of drug-likeness (QED) is 0.438. The smallest absolute Gasteiger partial charge is 0.367 e. The van der Waals surface area contributed by atoms with E-state index < -0.39 is 10.6 Å². The predicted octanol–water partition coefficient (Wildman–Crippen LogP) is 1.83. The highest BCUT2D eigenvalue weighted by Gasteiger charge is 2.23. The van der Waals surface area contributed by atoms with Crippen LogP contribution >= 0.6 is 11.6 Å². The zero-order valence-corrected chi connectivity index (χ0v) is 8.35. The molecule has 0 spiro atoms. The van der Waals surface area contributed by atoms with Gasteiger partial charge < -0.3 is 4.74 Å². The SMILES string of the molecule is CC(C)Oc1ncnc(Cl)c1[N+](=O)[O-]. The standard InChI is InChI=1S/C7H8ClN3O3/c1-4(2)14-7-5(11(12)13)6(8)9-3-10-7/h3-4H,1-2H3. The van der Waals surface area contributed by atoms with E-state index in [1.807, 2.05) is 0 Å². The molecule has 0 aromatic carbocycles. The fourth-order valence-corrected chi connectivity index (χ4v) is 0.999. The van der Waals surface area contributed by atoms with Crippen LogP contribution in [0.2, 0.25) is 5.15 Å². The molecule has 0 atom stereocenters. The minimum atomic E-state index is -0.667. The minimum absolute atomic E-state index is 0.106. The molecule has 0 aliphatic heterocycles. The van der Waals surface area contributed by atoms with E-state index in [4.69, 9.17) is 16.3 Å². The number of hydrogen-bond donors (Lipinski definition) is 0. The number of hydrogen-bond acceptors (Lipinski definition) is 5. The minimum Gasteiger partial charge on any atom is -0.470 e. The van der Waals surface area contributed by atoms with E-state index in [0.29, 0.717) is 0 Å². The lowest BCUT2D eigenvalue weighted by Crippen LogP contribution is -2.09. The third-order valence-corrected chi connectivity index (χ3v) is 1.55. The van der Waals surface area contributed by atoms with Gasteiger partial charge in [-0.15, -0.1) is 0 Å². The second kappa shape index (κ2) is 4.19. The molecule has 0 bridgehead atoms. The van der Waals surface area contributed by atoms with Gasteiger partial charge in [-0.2, -0.15) is 4.98 Å². The number of nitro groups is 1. The number of aromatic nitrogens is 2. The van der Waals surface area contributed by atoms with Crippen LogP contribution in [0.15, 0.2) is 6.33 Å². The summed E-state index contributed by atoms with van der Waals surface area (Å²) in [5.41, 5.74) is -0.400. The molecule has 0 radical (unpaired) electrons. The lowest BCUT2D eigenvalue weighted by molar-refractivity contribution is -0.386. The van der Waals surface area contributed by atoms with Crippen LogP contribution < -0.4 is 4.74 Å². The molecular weight excluding hydrogens is 210 g/mol. The summed E-state index contributed by atoms with van der Waals surface area (Å²) in [6.45, 7) is 3.47. The average molecular weight is 218 g/mol. The molecular formula is C7H8ClN3O3. The summed E-state index contributed by atoms with van der Waals surface area (Å²) >= 11 is 5.54. The summed E-state index contributed by atoms with van der Waals surface area (Å²) in [5, 5.41) is 10.4. The van der Waals surface area contributed by atoms with Gasteiger partial charge in [-0.25, -0.2) is 4.98 Å². The number of rotatable bonds is 3. The lowest BCUT2D eigenvalue weighted by Gasteiger charge is -2.07. The maximum Gasteiger partial charge on any atom is 0.367 e. The van der Waals surface area contributed by atoms with Gasteiger partial charge in [-0.1, -0.05) is 11.6 Å². The third kappa shape index (κ3) is 2.29. The molecule has 0 aliphatic carbocycles. The van der Waals surface area contributed by atoms with Crippen LogP contribution in [0.1, 0.15) is 13.8 Å². The normalized spacial score (nSPS) is 10.3. The van der Waals surface area contributed by atoms with Crippen molar-refractivity contribution in [2.75, 3.05) is 0 Å². The molecule has 0 saturated carbocycles. The van der Waals surface area contributed by atoms with Crippen LogP contribution in [-0.2, 0) is 0 Å². The zero-order chi connectivity index (χ0) is 10.7. The Balaban J connectivity index is 3.14. The molecule has 7 heteroatoms. The van der Waals surface area contributed by atoms with E-state index in [0.717, 1.165) is 6.33 Å². The summed E-state index contributed by atoms with van der Waals surface area (Å²) in [7, 11) is 0. The molecule has 1 aromatic heterocycles. The van der Waals surface area contributed by atoms with Crippen molar-refractivity contribution in [3.63, 3.8) is 0 Å². The van der Waals surface area contributed by atoms with Crippen LogP contribution in [0.3, 0.4) is 0 Å². The van der Waals surface area contributed by atoms with Crippen molar-refractivity contribution in [3.05, 3.63) is 21.6 Å². The predicted molar refractivity (Wildman–Crippen MR) is 49.5 cm³/mol. The Hall–Kier alpha value is -1.43. The first-order valence-corrected chi connectivity index (χ1v) is 4.21. The zero-order valence-electron chi connectivity index (χ0n) is 7.60. The highest BCUT2D eigenvalue weighted by Crippen LogP contribution is 2.30. The molecule has 0 unspecified atom stereocenters. The van der Waals surface area contributed by atoms with E-state index in [-0.39, 0.29) is 17.1 Å². The molecule has 0 amide bonds. The maximum atomic E-state index is 10.6. The average Bonchev–Trinajstić information content (AvgIpc) is 2.01. The third-order valence-electron chi connectivity index (χ3n) is 1.27. The molecule has 1 aromatic rings. The van der Waals surface area contributed by atoms with Crippen molar-refractivity contribution in [3.8, 4) is 5.88 Å². The van der Waals surface area contributed by atoms with Crippen molar-refractivity contribution in [1.29, 1.82) is 0 Å². The molecule has 0 saturated heterocycles. The highest BCUT2D eigenvalue weighted by molar-refractivity contribution is 6.31. The number of nitrogens with zero attached hydrogens (tertiary/aromatic N) is 3. The summed E-state index contributed by atoms with van der Waals surface area (Å²) in [5.74, 6) is -0.106. The fourth-order valence-electron chi connectivity index (χ4n) is 0.805. The summed E-state index contributed by atoms with van der Waals surface area (Å²) < 4.78 is 5.11. The van der Waals surface area contributed by atoms with Gasteiger partial charge in [0.05, 0.1) is 11.0 Å². The molecule has 0 N–H and O–H groups in total. The first kappa shape index (κ1) is 10.6. The Labute approximate surface area is 85.0 Å². The van der Waals surface area contributed by atoms with Gasteiger partial charge in [-0.05, 0) is 13.8 Å². The van der Waals surface area contributed by atoms with E-state index in [9.17, 15) is 10.1 Å². The monoisotopic (exact) mass is 217 g/mol. The van der Waals surface area contributed by atoms with Gasteiger partial charge in [-0.3, -0.25) is 10.1 Å². The van der Waals surface area contributed by atoms with Crippen LogP contribution in [-0.4, -0.2) is 21.0 Å². The van der Waals surface area contributed by atoms with E-state index in [1.165, 1.54) is 0 Å². The highest BCUT2D eigenvalue weighted by atomic mass is 35.5. The Morgan fingerprint density at radius 2 is 2.21 bits per heavy atom. The van der Waals surface area contributed by atoms with Gasteiger partial charge in [0.25, 0.3) is 5.88 Å². The largest absolute Gasteiger partial charge is 0.470 e. The first-order chi connectivity index (χ1) is 6.52. The van der Waals surface area contributed by atoms with E-state index >= 15 is 0 Å². The van der Waals surface area contributed by atoms with Gasteiger partial charge in [0.15, 0.2) is 0 Å². The van der Waals surface area contributed by atoms with Gasteiger partial charge in [0.1, 0.15) is 6.33 Å². The van der Waals surface area contributed by atoms with Crippen LogP contribution in [0.4, 0.5) is 5.69 Å². The lowest BCUT2D eigenvalue weighted by atomic mass is 10.4. The fraction of sp³-hybridized carbons (Fsp3) is 0.429. The molecule has 1 heterocycles. The summed E-state index contributed by atoms with van der Waals surface area (Å²) in [6.07, 6.45) is 0.909. The van der Waals surface area contributed by atoms with Crippen LogP contribution in [0.25, 0.3) is 0 Å². The maximum absolute atomic E-state index is 10.6. The van der Waals surface area contributed by atoms with Gasteiger partial charge >= 0.3 is 5.69 Å². The Morgan fingerprint density at radius 3 is 2.71 bits per heavy atom. The molecule has 1 rings (SSSR count). The van der Waals surface area contributed by atoms with E-state index in [1.54, 1.807) is 13.8 Å². The van der Waals surface area contributed by atoms with Crippen LogP contribution in [0.5, 0.6) is 5.88 Å². The molecule has 0 aliphatic rings. The summed E-state index contributed by atoms with van der Waals surface area (Å²) in [4.78, 5) is 17.1. The van der Waals surface area contributed by atoms with Gasteiger partial charge in [0.2, 0.25) is 5.15 Å². The van der Waals surface area contributed by atoms with Crippen molar-refractivity contribution in [1.82, 2.24) is 9.97 Å². The number of halogens is 1. The Kier molecular flexibility index (Phi) is 3.19. The summed E-state index contributed by atoms with van der Waals surface area (Å²) in [6, 6.07) is 0. The van der Waals surface area contributed by atoms with Crippen molar-refractivity contribution in [2.24, 2.45) is 0 Å². The van der Waals surface area contributed by atoms with Crippen molar-refractivity contribution < 1.29 is 9.66 Å². The molecule has 0 fully saturated rings. The van der Waals surface area contributed by atoms with Crippen molar-refractivity contribution >= 4 is 17.3 Å². The molecule has 76 valence electrons. The molecule has 6 nitrogen and oxygen atoms in total. The Morgan fingerprint density at radius 1 is 1.57 bits per heavy atom.